The number of hydrogen-bond acceptors (Lipinski definition) is 2. The topological polar surface area (TPSA) is 40.5 Å². The van der Waals surface area contributed by atoms with Crippen molar-refractivity contribution in [3.63, 3.8) is 0 Å². The van der Waals surface area contributed by atoms with Gasteiger partial charge in [-0.1, -0.05) is 44.2 Å². The van der Waals surface area contributed by atoms with Gasteiger partial charge in [0.2, 0.25) is 0 Å². The molecule has 0 aliphatic heterocycles. The molecule has 2 nitrogen and oxygen atoms in total. The number of phenols is 1. The lowest BCUT2D eigenvalue weighted by atomic mass is 9.96. The Kier molecular flexibility index (Phi) is 3.92. The second-order valence-electron chi connectivity index (χ2n) is 3.70. The zero-order chi connectivity index (χ0) is 11.3. The third-order valence-electron chi connectivity index (χ3n) is 2.73. The van der Waals surface area contributed by atoms with Crippen molar-refractivity contribution in [1.29, 1.82) is 0 Å². The van der Waals surface area contributed by atoms with Crippen LogP contribution in [0.2, 0.25) is 0 Å². The molecule has 82 valence electrons. The van der Waals surface area contributed by atoms with Gasteiger partial charge in [-0.3, -0.25) is 0 Å². The van der Waals surface area contributed by atoms with Gasteiger partial charge in [-0.15, -0.1) is 0 Å². The van der Waals surface area contributed by atoms with E-state index in [4.69, 9.17) is 0 Å². The standard InChI is InChI=1S/C13H18O2/c1-3-13(15,4-2)10-9-11-7-5-6-8-12(11)14/h5-10,14-15H,3-4H2,1-2H3/b10-9-. The summed E-state index contributed by atoms with van der Waals surface area (Å²) in [5.74, 6) is 0.239. The zero-order valence-electron chi connectivity index (χ0n) is 9.27. The minimum absolute atomic E-state index is 0.239. The van der Waals surface area contributed by atoms with Gasteiger partial charge in [0.1, 0.15) is 5.75 Å². The van der Waals surface area contributed by atoms with E-state index < -0.39 is 5.60 Å². The fourth-order valence-corrected chi connectivity index (χ4v) is 1.36. The number of para-hydroxylation sites is 1. The molecule has 0 unspecified atom stereocenters. The van der Waals surface area contributed by atoms with Gasteiger partial charge < -0.3 is 10.2 Å². The van der Waals surface area contributed by atoms with E-state index in [1.807, 2.05) is 26.0 Å². The molecule has 0 amide bonds. The van der Waals surface area contributed by atoms with Gasteiger partial charge >= 0.3 is 0 Å². The van der Waals surface area contributed by atoms with Crippen molar-refractivity contribution in [3.8, 4) is 5.75 Å². The molecule has 0 fully saturated rings. The predicted molar refractivity (Wildman–Crippen MR) is 62.7 cm³/mol. The van der Waals surface area contributed by atoms with Gasteiger partial charge in [0.05, 0.1) is 5.60 Å². The predicted octanol–water partition coefficient (Wildman–Crippen LogP) is 2.96. The first-order valence-electron chi connectivity index (χ1n) is 5.31. The average Bonchev–Trinajstić information content (AvgIpc) is 2.28. The van der Waals surface area contributed by atoms with Crippen LogP contribution in [0.5, 0.6) is 5.75 Å². The Bertz CT molecular complexity index is 338. The van der Waals surface area contributed by atoms with Gasteiger partial charge in [-0.25, -0.2) is 0 Å². The van der Waals surface area contributed by atoms with Crippen LogP contribution in [0.15, 0.2) is 30.3 Å². The summed E-state index contributed by atoms with van der Waals surface area (Å²) in [5.41, 5.74) is -0.0275. The Morgan fingerprint density at radius 3 is 2.33 bits per heavy atom. The Morgan fingerprint density at radius 1 is 1.20 bits per heavy atom. The average molecular weight is 206 g/mol. The van der Waals surface area contributed by atoms with Crippen LogP contribution in [0.25, 0.3) is 6.08 Å². The minimum Gasteiger partial charge on any atom is -0.507 e. The summed E-state index contributed by atoms with van der Waals surface area (Å²) < 4.78 is 0. The lowest BCUT2D eigenvalue weighted by Gasteiger charge is -2.20. The van der Waals surface area contributed by atoms with Crippen LogP contribution >= 0.6 is 0 Å². The first-order valence-corrected chi connectivity index (χ1v) is 5.31. The van der Waals surface area contributed by atoms with E-state index in [2.05, 4.69) is 0 Å². The second kappa shape index (κ2) is 4.99. The third-order valence-corrected chi connectivity index (χ3v) is 2.73. The van der Waals surface area contributed by atoms with Crippen molar-refractivity contribution in [3.05, 3.63) is 35.9 Å². The first-order chi connectivity index (χ1) is 7.11. The number of hydrogen-bond donors (Lipinski definition) is 2. The van der Waals surface area contributed by atoms with Crippen molar-refractivity contribution >= 4 is 6.08 Å². The number of benzene rings is 1. The van der Waals surface area contributed by atoms with E-state index in [1.54, 1.807) is 24.3 Å². The number of aromatic hydroxyl groups is 1. The Labute approximate surface area is 90.9 Å². The molecule has 2 N–H and O–H groups in total. The smallest absolute Gasteiger partial charge is 0.122 e. The van der Waals surface area contributed by atoms with Crippen LogP contribution in [0.3, 0.4) is 0 Å². The second-order valence-corrected chi connectivity index (χ2v) is 3.70. The highest BCUT2D eigenvalue weighted by Crippen LogP contribution is 2.22. The highest BCUT2D eigenvalue weighted by Gasteiger charge is 2.17. The molecule has 1 aromatic rings. The molecule has 0 saturated heterocycles. The Hall–Kier alpha value is -1.28. The largest absolute Gasteiger partial charge is 0.507 e. The van der Waals surface area contributed by atoms with Crippen molar-refractivity contribution in [2.45, 2.75) is 32.3 Å². The van der Waals surface area contributed by atoms with E-state index in [0.29, 0.717) is 12.8 Å². The van der Waals surface area contributed by atoms with Crippen molar-refractivity contribution in [2.24, 2.45) is 0 Å². The molecule has 0 bridgehead atoms. The molecule has 0 aromatic heterocycles. The minimum atomic E-state index is -0.762. The zero-order valence-corrected chi connectivity index (χ0v) is 9.27. The van der Waals surface area contributed by atoms with Crippen molar-refractivity contribution < 1.29 is 10.2 Å². The normalized spacial score (nSPS) is 12.2. The summed E-state index contributed by atoms with van der Waals surface area (Å²) in [6.45, 7) is 3.89. The fourth-order valence-electron chi connectivity index (χ4n) is 1.36. The molecule has 15 heavy (non-hydrogen) atoms. The maximum atomic E-state index is 10.0. The van der Waals surface area contributed by atoms with Crippen LogP contribution in [-0.2, 0) is 0 Å². The molecule has 0 aliphatic rings. The molecule has 0 atom stereocenters. The maximum absolute atomic E-state index is 10.0. The summed E-state index contributed by atoms with van der Waals surface area (Å²) in [6.07, 6.45) is 4.87. The molecule has 0 aliphatic carbocycles. The molecule has 0 spiro atoms. The van der Waals surface area contributed by atoms with Crippen LogP contribution in [0.1, 0.15) is 32.3 Å². The Balaban J connectivity index is 2.86. The number of aliphatic hydroxyl groups is 1. The van der Waals surface area contributed by atoms with Gasteiger partial charge in [0.25, 0.3) is 0 Å². The van der Waals surface area contributed by atoms with Gasteiger partial charge in [0.15, 0.2) is 0 Å². The highest BCUT2D eigenvalue weighted by molar-refractivity contribution is 5.57. The maximum Gasteiger partial charge on any atom is 0.122 e. The van der Waals surface area contributed by atoms with Crippen LogP contribution in [0.4, 0.5) is 0 Å². The van der Waals surface area contributed by atoms with E-state index >= 15 is 0 Å². The van der Waals surface area contributed by atoms with Crippen LogP contribution in [0, 0.1) is 0 Å². The molecule has 0 radical (unpaired) electrons. The summed E-state index contributed by atoms with van der Waals surface area (Å²) in [5, 5.41) is 19.5. The van der Waals surface area contributed by atoms with Crippen molar-refractivity contribution in [1.82, 2.24) is 0 Å². The van der Waals surface area contributed by atoms with E-state index in [1.165, 1.54) is 0 Å². The molecule has 0 heterocycles. The molecule has 1 rings (SSSR count). The van der Waals surface area contributed by atoms with Crippen molar-refractivity contribution in [2.75, 3.05) is 0 Å². The Morgan fingerprint density at radius 2 is 1.80 bits per heavy atom. The summed E-state index contributed by atoms with van der Waals surface area (Å²) in [7, 11) is 0. The summed E-state index contributed by atoms with van der Waals surface area (Å²) in [4.78, 5) is 0. The number of phenolic OH excluding ortho intramolecular Hbond substituents is 1. The quantitative estimate of drug-likeness (QED) is 0.795. The van der Waals surface area contributed by atoms with E-state index in [0.717, 1.165) is 5.56 Å². The van der Waals surface area contributed by atoms with E-state index in [9.17, 15) is 10.2 Å². The van der Waals surface area contributed by atoms with Crippen LogP contribution in [-0.4, -0.2) is 15.8 Å². The highest BCUT2D eigenvalue weighted by atomic mass is 16.3. The first kappa shape index (κ1) is 11.8. The van der Waals surface area contributed by atoms with E-state index in [-0.39, 0.29) is 5.75 Å². The molecule has 0 saturated carbocycles. The summed E-state index contributed by atoms with van der Waals surface area (Å²) in [6, 6.07) is 7.09. The lowest BCUT2D eigenvalue weighted by molar-refractivity contribution is 0.0836. The third kappa shape index (κ3) is 3.10. The fraction of sp³-hybridized carbons (Fsp3) is 0.385. The summed E-state index contributed by atoms with van der Waals surface area (Å²) >= 11 is 0. The molecular formula is C13H18O2. The SMILES string of the molecule is CCC(O)(/C=C\c1ccccc1O)CC. The van der Waals surface area contributed by atoms with Gasteiger partial charge in [-0.2, -0.15) is 0 Å². The number of rotatable bonds is 4. The molecule has 2 heteroatoms. The monoisotopic (exact) mass is 206 g/mol. The molecule has 1 aromatic carbocycles. The van der Waals surface area contributed by atoms with Gasteiger partial charge in [0, 0.05) is 5.56 Å². The lowest BCUT2D eigenvalue weighted by Crippen LogP contribution is -2.22. The van der Waals surface area contributed by atoms with Crippen LogP contribution < -0.4 is 0 Å². The van der Waals surface area contributed by atoms with Gasteiger partial charge in [-0.05, 0) is 18.9 Å². The molecular weight excluding hydrogens is 188 g/mol.